The van der Waals surface area contributed by atoms with E-state index in [1.807, 2.05) is 84.2 Å². The monoisotopic (exact) mass is 380 g/mol. The zero-order valence-corrected chi connectivity index (χ0v) is 16.9. The first-order valence-corrected chi connectivity index (χ1v) is 9.26. The fourth-order valence-corrected chi connectivity index (χ4v) is 3.04. The average molecular weight is 380 g/mol. The molecule has 0 aliphatic carbocycles. The molecule has 0 bridgehead atoms. The molecule has 0 unspecified atom stereocenters. The smallest absolute Gasteiger partial charge is 0.272 e. The molecule has 2 aromatic rings. The van der Waals surface area contributed by atoms with E-state index in [0.717, 1.165) is 11.4 Å². The second-order valence-corrected chi connectivity index (χ2v) is 6.48. The van der Waals surface area contributed by atoms with Crippen molar-refractivity contribution >= 4 is 23.0 Å². The molecule has 0 aliphatic heterocycles. The molecule has 2 N–H and O–H groups in total. The molecule has 6 heteroatoms. The van der Waals surface area contributed by atoms with E-state index in [2.05, 4.69) is 10.6 Å². The molecule has 0 saturated carbocycles. The van der Waals surface area contributed by atoms with Crippen molar-refractivity contribution in [3.05, 3.63) is 72.6 Å². The predicted octanol–water partition coefficient (Wildman–Crippen LogP) is 1.70. The second kappa shape index (κ2) is 10.2. The summed E-state index contributed by atoms with van der Waals surface area (Å²) in [7, 11) is 0. The van der Waals surface area contributed by atoms with Gasteiger partial charge in [-0.2, -0.15) is 9.13 Å². The number of rotatable bonds is 9. The van der Waals surface area contributed by atoms with Crippen LogP contribution in [-0.4, -0.2) is 24.7 Å². The molecule has 0 fully saturated rings. The summed E-state index contributed by atoms with van der Waals surface area (Å²) >= 11 is 0. The first kappa shape index (κ1) is 21.0. The van der Waals surface area contributed by atoms with Crippen LogP contribution in [0.5, 0.6) is 0 Å². The first-order chi connectivity index (χ1) is 13.4. The summed E-state index contributed by atoms with van der Waals surface area (Å²) in [5, 5.41) is 6.57. The SMILES string of the molecule is CC(=O)C(=C(C)NCCNC(C)=C(C(C)=O)[n+]1ccccc1)[n+]1ccccc1. The van der Waals surface area contributed by atoms with E-state index in [1.165, 1.54) is 0 Å². The molecule has 28 heavy (non-hydrogen) atoms. The number of allylic oxidation sites excluding steroid dienone is 4. The highest BCUT2D eigenvalue weighted by atomic mass is 16.1. The van der Waals surface area contributed by atoms with Gasteiger partial charge >= 0.3 is 0 Å². The maximum absolute atomic E-state index is 12.1. The van der Waals surface area contributed by atoms with Crippen molar-refractivity contribution in [2.45, 2.75) is 27.7 Å². The van der Waals surface area contributed by atoms with Crippen LogP contribution in [0.3, 0.4) is 0 Å². The van der Waals surface area contributed by atoms with Crippen molar-refractivity contribution in [3.8, 4) is 0 Å². The van der Waals surface area contributed by atoms with Crippen molar-refractivity contribution in [1.82, 2.24) is 10.6 Å². The van der Waals surface area contributed by atoms with E-state index in [-0.39, 0.29) is 11.6 Å². The van der Waals surface area contributed by atoms with E-state index in [1.54, 1.807) is 13.8 Å². The minimum absolute atomic E-state index is 0.00965. The molecule has 0 aliphatic rings. The van der Waals surface area contributed by atoms with Crippen LogP contribution >= 0.6 is 0 Å². The van der Waals surface area contributed by atoms with Crippen LogP contribution in [0.4, 0.5) is 0 Å². The van der Waals surface area contributed by atoms with Gasteiger partial charge in [0.25, 0.3) is 11.4 Å². The van der Waals surface area contributed by atoms with Gasteiger partial charge < -0.3 is 10.6 Å². The standard InChI is InChI=1S/C22H26N4O2/c1-17(21(19(3)27)25-13-7-5-8-14-25)23-11-12-24-18(2)22(20(4)28)26-15-9-6-10-16-26/h5-10,13-16H,11-12H2,1-4H3/p+2. The Balaban J connectivity index is 2.06. The van der Waals surface area contributed by atoms with Crippen LogP contribution in [0.1, 0.15) is 27.7 Å². The molecule has 0 saturated heterocycles. The fraction of sp³-hybridized carbons (Fsp3) is 0.273. The Bertz CT molecular complexity index is 812. The summed E-state index contributed by atoms with van der Waals surface area (Å²) in [5.41, 5.74) is 2.82. The van der Waals surface area contributed by atoms with Gasteiger partial charge in [0.05, 0.1) is 11.4 Å². The van der Waals surface area contributed by atoms with Crippen molar-refractivity contribution < 1.29 is 18.7 Å². The summed E-state index contributed by atoms with van der Waals surface area (Å²) in [5.74, 6) is -0.0193. The molecule has 2 heterocycles. The molecule has 0 spiro atoms. The molecule has 0 radical (unpaired) electrons. The Hall–Kier alpha value is -3.28. The van der Waals surface area contributed by atoms with Gasteiger partial charge in [-0.3, -0.25) is 9.59 Å². The Morgan fingerprint density at radius 2 is 0.929 bits per heavy atom. The fourth-order valence-electron chi connectivity index (χ4n) is 3.04. The number of nitrogens with one attached hydrogen (secondary N) is 2. The largest absolute Gasteiger partial charge is 0.381 e. The Morgan fingerprint density at radius 1 is 0.607 bits per heavy atom. The molecule has 0 atom stereocenters. The minimum atomic E-state index is -0.00965. The normalized spacial score (nSPS) is 12.6. The van der Waals surface area contributed by atoms with Gasteiger partial charge in [0, 0.05) is 51.2 Å². The van der Waals surface area contributed by atoms with Gasteiger partial charge in [-0.05, 0) is 13.8 Å². The maximum atomic E-state index is 12.1. The highest BCUT2D eigenvalue weighted by Gasteiger charge is 2.20. The molecule has 6 nitrogen and oxygen atoms in total. The van der Waals surface area contributed by atoms with E-state index in [4.69, 9.17) is 0 Å². The molecular weight excluding hydrogens is 352 g/mol. The number of carbonyl (C=O) groups is 2. The average Bonchev–Trinajstić information content (AvgIpc) is 2.66. The number of aromatic nitrogens is 2. The number of nitrogens with zero attached hydrogens (tertiary/aromatic N) is 2. The summed E-state index contributed by atoms with van der Waals surface area (Å²) in [6.07, 6.45) is 7.40. The van der Waals surface area contributed by atoms with Crippen molar-refractivity contribution in [1.29, 1.82) is 0 Å². The number of hydrogen-bond donors (Lipinski definition) is 2. The van der Waals surface area contributed by atoms with Crippen molar-refractivity contribution in [2.24, 2.45) is 0 Å². The third-order valence-electron chi connectivity index (χ3n) is 4.23. The van der Waals surface area contributed by atoms with Crippen LogP contribution in [-0.2, 0) is 9.59 Å². The van der Waals surface area contributed by atoms with Gasteiger partial charge in [-0.25, -0.2) is 0 Å². The highest BCUT2D eigenvalue weighted by molar-refractivity contribution is 6.11. The van der Waals surface area contributed by atoms with Crippen molar-refractivity contribution in [2.75, 3.05) is 13.1 Å². The maximum Gasteiger partial charge on any atom is 0.272 e. The number of hydrogen-bond acceptors (Lipinski definition) is 4. The summed E-state index contributed by atoms with van der Waals surface area (Å²) < 4.78 is 3.62. The summed E-state index contributed by atoms with van der Waals surface area (Å²) in [4.78, 5) is 24.1. The quantitative estimate of drug-likeness (QED) is 0.395. The number of ketones is 2. The summed E-state index contributed by atoms with van der Waals surface area (Å²) in [6.45, 7) is 8.11. The second-order valence-electron chi connectivity index (χ2n) is 6.48. The van der Waals surface area contributed by atoms with Gasteiger partial charge in [0.1, 0.15) is 0 Å². The molecule has 0 aromatic carbocycles. The Kier molecular flexibility index (Phi) is 7.63. The van der Waals surface area contributed by atoms with Crippen LogP contribution in [0.25, 0.3) is 11.4 Å². The Labute approximate surface area is 166 Å². The van der Waals surface area contributed by atoms with E-state index < -0.39 is 0 Å². The number of Topliss-reactive ketones (excluding diaryl/α,β-unsaturated/α-hetero) is 2. The van der Waals surface area contributed by atoms with Crippen molar-refractivity contribution in [3.63, 3.8) is 0 Å². The zero-order chi connectivity index (χ0) is 20.5. The van der Waals surface area contributed by atoms with Crippen LogP contribution in [0.15, 0.2) is 72.6 Å². The third-order valence-corrected chi connectivity index (χ3v) is 4.23. The van der Waals surface area contributed by atoms with E-state index in [0.29, 0.717) is 24.5 Å². The predicted molar refractivity (Wildman–Crippen MR) is 108 cm³/mol. The van der Waals surface area contributed by atoms with Crippen LogP contribution < -0.4 is 19.8 Å². The van der Waals surface area contributed by atoms with E-state index >= 15 is 0 Å². The van der Waals surface area contributed by atoms with E-state index in [9.17, 15) is 9.59 Å². The minimum Gasteiger partial charge on any atom is -0.381 e. The van der Waals surface area contributed by atoms with Gasteiger partial charge in [0.15, 0.2) is 24.8 Å². The third kappa shape index (κ3) is 5.61. The number of carbonyl (C=O) groups excluding carboxylic acids is 2. The summed E-state index contributed by atoms with van der Waals surface area (Å²) in [6, 6.07) is 11.4. The van der Waals surface area contributed by atoms with Gasteiger partial charge in [0.2, 0.25) is 11.6 Å². The Morgan fingerprint density at radius 3 is 1.21 bits per heavy atom. The highest BCUT2D eigenvalue weighted by Crippen LogP contribution is 2.04. The van der Waals surface area contributed by atoms with Crippen LogP contribution in [0.2, 0.25) is 0 Å². The lowest BCUT2D eigenvalue weighted by Gasteiger charge is -2.11. The molecule has 2 rings (SSSR count). The molecule has 146 valence electrons. The topological polar surface area (TPSA) is 66.0 Å². The lowest BCUT2D eigenvalue weighted by molar-refractivity contribution is -0.578. The first-order valence-electron chi connectivity index (χ1n) is 9.26. The van der Waals surface area contributed by atoms with Gasteiger partial charge in [-0.1, -0.05) is 12.1 Å². The molecular formula is C22H28N4O2+2. The number of pyridine rings is 2. The van der Waals surface area contributed by atoms with Gasteiger partial charge in [-0.15, -0.1) is 0 Å². The lowest BCUT2D eigenvalue weighted by atomic mass is 10.2. The zero-order valence-electron chi connectivity index (χ0n) is 16.9. The lowest BCUT2D eigenvalue weighted by Crippen LogP contribution is -2.39. The molecule has 2 aromatic heterocycles. The van der Waals surface area contributed by atoms with Crippen LogP contribution in [0, 0.1) is 0 Å². The molecule has 0 amide bonds.